The molecule has 0 fully saturated rings. The second-order valence-electron chi connectivity index (χ2n) is 4.35. The molecule has 1 atom stereocenters. The van der Waals surface area contributed by atoms with Gasteiger partial charge in [-0.1, -0.05) is 22.9 Å². The van der Waals surface area contributed by atoms with Crippen LogP contribution in [0, 0.1) is 0 Å². The normalized spacial score (nSPS) is 11.7. The smallest absolute Gasteiger partial charge is 0.257 e. The summed E-state index contributed by atoms with van der Waals surface area (Å²) in [6.45, 7) is 2.58. The van der Waals surface area contributed by atoms with Crippen LogP contribution in [0.5, 0.6) is 17.2 Å². The zero-order chi connectivity index (χ0) is 15.3. The lowest BCUT2D eigenvalue weighted by Crippen LogP contribution is -2.31. The van der Waals surface area contributed by atoms with Crippen LogP contribution >= 0.6 is 15.9 Å². The Labute approximate surface area is 127 Å². The fourth-order valence-corrected chi connectivity index (χ4v) is 2.37. The molecule has 0 spiro atoms. The van der Waals surface area contributed by atoms with Gasteiger partial charge in [0.2, 0.25) is 5.75 Å². The van der Waals surface area contributed by atoms with Gasteiger partial charge >= 0.3 is 0 Å². The van der Waals surface area contributed by atoms with Crippen LogP contribution in [-0.4, -0.2) is 50.6 Å². The maximum Gasteiger partial charge on any atom is 0.257 e. The van der Waals surface area contributed by atoms with Crippen LogP contribution in [0.15, 0.2) is 12.1 Å². The largest absolute Gasteiger partial charge is 0.493 e. The number of nitrogens with zero attached hydrogens (tertiary/aromatic N) is 1. The fraction of sp³-hybridized carbons (Fsp3) is 0.500. The molecule has 1 amide bonds. The van der Waals surface area contributed by atoms with E-state index in [4.69, 9.17) is 14.2 Å². The third-order valence-electron chi connectivity index (χ3n) is 2.81. The van der Waals surface area contributed by atoms with Gasteiger partial charge in [-0.05, 0) is 12.1 Å². The van der Waals surface area contributed by atoms with Crippen molar-refractivity contribution in [2.75, 3.05) is 34.9 Å². The van der Waals surface area contributed by atoms with Crippen LogP contribution in [0.4, 0.5) is 0 Å². The molecule has 112 valence electrons. The van der Waals surface area contributed by atoms with Crippen LogP contribution in [0.2, 0.25) is 0 Å². The van der Waals surface area contributed by atoms with Crippen molar-refractivity contribution in [2.45, 2.75) is 11.8 Å². The lowest BCUT2D eigenvalue weighted by molar-refractivity contribution is 0.0793. The van der Waals surface area contributed by atoms with Gasteiger partial charge < -0.3 is 19.1 Å². The molecule has 1 aromatic rings. The number of hydrogen-bond donors (Lipinski definition) is 0. The van der Waals surface area contributed by atoms with Crippen LogP contribution in [-0.2, 0) is 0 Å². The second-order valence-corrected chi connectivity index (χ2v) is 5.91. The number of benzene rings is 1. The number of ether oxygens (including phenoxy) is 3. The molecule has 20 heavy (non-hydrogen) atoms. The van der Waals surface area contributed by atoms with Crippen LogP contribution in [0.3, 0.4) is 0 Å². The van der Waals surface area contributed by atoms with Crippen molar-refractivity contribution in [1.29, 1.82) is 0 Å². The highest BCUT2D eigenvalue weighted by molar-refractivity contribution is 9.09. The molecule has 0 aliphatic heterocycles. The summed E-state index contributed by atoms with van der Waals surface area (Å²) in [6, 6.07) is 3.37. The topological polar surface area (TPSA) is 48.0 Å². The number of halogens is 1. The van der Waals surface area contributed by atoms with E-state index in [0.29, 0.717) is 29.4 Å². The van der Waals surface area contributed by atoms with Crippen LogP contribution in [0.25, 0.3) is 0 Å². The van der Waals surface area contributed by atoms with Crippen molar-refractivity contribution in [1.82, 2.24) is 4.90 Å². The minimum absolute atomic E-state index is 0.130. The Morgan fingerprint density at radius 3 is 2.25 bits per heavy atom. The Morgan fingerprint density at radius 1 is 1.20 bits per heavy atom. The van der Waals surface area contributed by atoms with Crippen LogP contribution < -0.4 is 14.2 Å². The molecule has 1 unspecified atom stereocenters. The molecule has 0 heterocycles. The first-order chi connectivity index (χ1) is 9.46. The summed E-state index contributed by atoms with van der Waals surface area (Å²) in [4.78, 5) is 14.3. The lowest BCUT2D eigenvalue weighted by atomic mass is 10.1. The summed E-state index contributed by atoms with van der Waals surface area (Å²) in [5, 5.41) is 0. The third kappa shape index (κ3) is 3.56. The maximum atomic E-state index is 12.5. The second kappa shape index (κ2) is 7.38. The van der Waals surface area contributed by atoms with Crippen molar-refractivity contribution >= 4 is 21.8 Å². The number of rotatable bonds is 6. The minimum Gasteiger partial charge on any atom is -0.493 e. The Kier molecular flexibility index (Phi) is 6.13. The van der Waals surface area contributed by atoms with Crippen molar-refractivity contribution < 1.29 is 19.0 Å². The first-order valence-electron chi connectivity index (χ1n) is 6.14. The van der Waals surface area contributed by atoms with Gasteiger partial charge in [0.05, 0.1) is 26.9 Å². The molecular weight excluding hydrogens is 326 g/mol. The van der Waals surface area contributed by atoms with E-state index in [1.807, 2.05) is 6.92 Å². The highest BCUT2D eigenvalue weighted by Gasteiger charge is 2.23. The molecule has 1 rings (SSSR count). The van der Waals surface area contributed by atoms with Gasteiger partial charge in [-0.25, -0.2) is 0 Å². The Balaban J connectivity index is 3.21. The molecule has 0 aromatic heterocycles. The molecule has 0 N–H and O–H groups in total. The standard InChI is InChI=1S/C14H20BrNO4/c1-9(15)8-16(2)14(17)10-6-7-11(18-3)13(20-5)12(10)19-4/h6-7,9H,8H2,1-5H3. The van der Waals surface area contributed by atoms with E-state index >= 15 is 0 Å². The van der Waals surface area contributed by atoms with E-state index in [1.54, 1.807) is 24.1 Å². The summed E-state index contributed by atoms with van der Waals surface area (Å²) in [5.74, 6) is 1.19. The van der Waals surface area contributed by atoms with Crippen molar-refractivity contribution in [3.63, 3.8) is 0 Å². The molecule has 0 aliphatic rings. The Morgan fingerprint density at radius 2 is 1.80 bits per heavy atom. The van der Waals surface area contributed by atoms with E-state index in [2.05, 4.69) is 15.9 Å². The van der Waals surface area contributed by atoms with E-state index < -0.39 is 0 Å². The molecule has 0 saturated carbocycles. The number of methoxy groups -OCH3 is 3. The van der Waals surface area contributed by atoms with Gasteiger partial charge in [0.1, 0.15) is 0 Å². The van der Waals surface area contributed by atoms with E-state index in [1.165, 1.54) is 21.3 Å². The lowest BCUT2D eigenvalue weighted by Gasteiger charge is -2.21. The van der Waals surface area contributed by atoms with Crippen molar-refractivity contribution in [2.24, 2.45) is 0 Å². The molecule has 0 saturated heterocycles. The highest BCUT2D eigenvalue weighted by Crippen LogP contribution is 2.40. The number of hydrogen-bond acceptors (Lipinski definition) is 4. The maximum absolute atomic E-state index is 12.5. The zero-order valence-electron chi connectivity index (χ0n) is 12.4. The van der Waals surface area contributed by atoms with Gasteiger partial charge in [0.25, 0.3) is 5.91 Å². The van der Waals surface area contributed by atoms with Crippen molar-refractivity contribution in [3.05, 3.63) is 17.7 Å². The molecular formula is C14H20BrNO4. The molecule has 5 nitrogen and oxygen atoms in total. The number of amides is 1. The predicted molar refractivity (Wildman–Crippen MR) is 81.4 cm³/mol. The number of carbonyl (C=O) groups is 1. The average Bonchev–Trinajstić information content (AvgIpc) is 2.43. The molecule has 1 aromatic carbocycles. The molecule has 0 aliphatic carbocycles. The molecule has 0 bridgehead atoms. The fourth-order valence-electron chi connectivity index (χ4n) is 1.94. The first-order valence-corrected chi connectivity index (χ1v) is 7.06. The minimum atomic E-state index is -0.130. The summed E-state index contributed by atoms with van der Waals surface area (Å²) in [7, 11) is 6.30. The van der Waals surface area contributed by atoms with Gasteiger partial charge in [-0.15, -0.1) is 0 Å². The SMILES string of the molecule is COc1ccc(C(=O)N(C)CC(C)Br)c(OC)c1OC. The third-order valence-corrected chi connectivity index (χ3v) is 3.10. The molecule has 6 heteroatoms. The average molecular weight is 346 g/mol. The van der Waals surface area contributed by atoms with E-state index in [-0.39, 0.29) is 10.7 Å². The van der Waals surface area contributed by atoms with Gasteiger partial charge in [-0.3, -0.25) is 4.79 Å². The summed E-state index contributed by atoms with van der Waals surface area (Å²) >= 11 is 3.43. The Hall–Kier alpha value is -1.43. The quantitative estimate of drug-likeness (QED) is 0.743. The summed E-state index contributed by atoms with van der Waals surface area (Å²) < 4.78 is 15.8. The van der Waals surface area contributed by atoms with E-state index in [9.17, 15) is 4.79 Å². The van der Waals surface area contributed by atoms with E-state index in [0.717, 1.165) is 0 Å². The van der Waals surface area contributed by atoms with Gasteiger partial charge in [-0.2, -0.15) is 0 Å². The highest BCUT2D eigenvalue weighted by atomic mass is 79.9. The summed E-state index contributed by atoms with van der Waals surface area (Å²) in [5.41, 5.74) is 0.445. The monoisotopic (exact) mass is 345 g/mol. The van der Waals surface area contributed by atoms with Gasteiger partial charge in [0, 0.05) is 18.4 Å². The van der Waals surface area contributed by atoms with Crippen LogP contribution in [0.1, 0.15) is 17.3 Å². The first kappa shape index (κ1) is 16.6. The Bertz CT molecular complexity index is 476. The number of alkyl halides is 1. The molecule has 0 radical (unpaired) electrons. The van der Waals surface area contributed by atoms with Crippen molar-refractivity contribution in [3.8, 4) is 17.2 Å². The van der Waals surface area contributed by atoms with Gasteiger partial charge in [0.15, 0.2) is 11.5 Å². The predicted octanol–water partition coefficient (Wildman–Crippen LogP) is 2.57. The summed E-state index contributed by atoms with van der Waals surface area (Å²) in [6.07, 6.45) is 0. The zero-order valence-corrected chi connectivity index (χ0v) is 14.0. The number of carbonyl (C=O) groups excluding carboxylic acids is 1.